The van der Waals surface area contributed by atoms with Gasteiger partial charge in [-0.2, -0.15) is 0 Å². The highest BCUT2D eigenvalue weighted by Gasteiger charge is 2.06. The lowest BCUT2D eigenvalue weighted by atomic mass is 10.2. The van der Waals surface area contributed by atoms with Crippen LogP contribution in [0.15, 0.2) is 18.3 Å². The number of nitrogens with two attached hydrogens (primary N) is 1. The average Bonchev–Trinajstić information content (AvgIpc) is 2.05. The normalized spacial score (nSPS) is 10.7. The second-order valence-corrected chi connectivity index (χ2v) is 2.42. The molecule has 0 aliphatic carbocycles. The van der Waals surface area contributed by atoms with Gasteiger partial charge in [0.2, 0.25) is 0 Å². The number of pyridine rings is 1. The number of alkyl halides is 2. The van der Waals surface area contributed by atoms with E-state index in [2.05, 4.69) is 4.98 Å². The molecule has 1 aromatic rings. The van der Waals surface area contributed by atoms with Crippen LogP contribution in [0.5, 0.6) is 0 Å². The van der Waals surface area contributed by atoms with Crippen molar-refractivity contribution in [2.24, 2.45) is 5.73 Å². The maximum absolute atomic E-state index is 12.1. The van der Waals surface area contributed by atoms with E-state index in [1.54, 1.807) is 0 Å². The molecule has 0 atom stereocenters. The number of hydrogen-bond donors (Lipinski definition) is 1. The molecule has 66 valence electrons. The predicted molar refractivity (Wildman–Crippen MR) is 42.0 cm³/mol. The van der Waals surface area contributed by atoms with Crippen molar-refractivity contribution in [1.29, 1.82) is 0 Å². The smallest absolute Gasteiger partial charge is 0.263 e. The van der Waals surface area contributed by atoms with Gasteiger partial charge in [-0.1, -0.05) is 0 Å². The lowest BCUT2D eigenvalue weighted by Crippen LogP contribution is -2.04. The van der Waals surface area contributed by atoms with E-state index in [-0.39, 0.29) is 5.56 Å². The molecule has 2 nitrogen and oxygen atoms in total. The highest BCUT2D eigenvalue weighted by molar-refractivity contribution is 5.17. The van der Waals surface area contributed by atoms with Crippen molar-refractivity contribution < 1.29 is 8.78 Å². The van der Waals surface area contributed by atoms with Crippen LogP contribution >= 0.6 is 0 Å². The summed E-state index contributed by atoms with van der Waals surface area (Å²) in [6.07, 6.45) is -0.503. The molecule has 2 N–H and O–H groups in total. The average molecular weight is 172 g/mol. The standard InChI is InChI=1S/C8H10F2N2/c9-8(10)6-2-4-12-7(5-6)1-3-11/h2,4-5,8H,1,3,11H2. The largest absolute Gasteiger partial charge is 0.330 e. The van der Waals surface area contributed by atoms with Gasteiger partial charge in [-0.15, -0.1) is 0 Å². The maximum Gasteiger partial charge on any atom is 0.263 e. The third kappa shape index (κ3) is 2.23. The molecule has 0 unspecified atom stereocenters. The molecule has 0 spiro atoms. The van der Waals surface area contributed by atoms with Crippen LogP contribution in [0.2, 0.25) is 0 Å². The quantitative estimate of drug-likeness (QED) is 0.750. The molecular formula is C8H10F2N2. The first-order valence-electron chi connectivity index (χ1n) is 3.67. The lowest BCUT2D eigenvalue weighted by molar-refractivity contribution is 0.151. The van der Waals surface area contributed by atoms with Gasteiger partial charge in [0, 0.05) is 23.9 Å². The van der Waals surface area contributed by atoms with Gasteiger partial charge in [-0.25, -0.2) is 8.78 Å². The molecule has 0 saturated heterocycles. The van der Waals surface area contributed by atoms with Gasteiger partial charge >= 0.3 is 0 Å². The zero-order chi connectivity index (χ0) is 8.97. The van der Waals surface area contributed by atoms with E-state index in [1.165, 1.54) is 18.3 Å². The summed E-state index contributed by atoms with van der Waals surface area (Å²) in [6, 6.07) is 2.70. The van der Waals surface area contributed by atoms with Crippen LogP contribution in [0.1, 0.15) is 17.7 Å². The third-order valence-electron chi connectivity index (χ3n) is 1.49. The Bertz CT molecular complexity index is 251. The fourth-order valence-electron chi connectivity index (χ4n) is 0.917. The number of nitrogens with zero attached hydrogens (tertiary/aromatic N) is 1. The van der Waals surface area contributed by atoms with Crippen LogP contribution in [0.25, 0.3) is 0 Å². The Labute approximate surface area is 69.4 Å². The molecular weight excluding hydrogens is 162 g/mol. The van der Waals surface area contributed by atoms with E-state index in [0.717, 1.165) is 0 Å². The van der Waals surface area contributed by atoms with Crippen molar-refractivity contribution in [2.75, 3.05) is 6.54 Å². The van der Waals surface area contributed by atoms with E-state index < -0.39 is 6.43 Å². The van der Waals surface area contributed by atoms with Crippen molar-refractivity contribution in [2.45, 2.75) is 12.8 Å². The molecule has 12 heavy (non-hydrogen) atoms. The first kappa shape index (κ1) is 9.06. The molecule has 0 aliphatic rings. The second-order valence-electron chi connectivity index (χ2n) is 2.42. The molecule has 0 aromatic carbocycles. The van der Waals surface area contributed by atoms with E-state index in [4.69, 9.17) is 5.73 Å². The first-order valence-corrected chi connectivity index (χ1v) is 3.67. The first-order chi connectivity index (χ1) is 5.74. The summed E-state index contributed by atoms with van der Waals surface area (Å²) in [5.74, 6) is 0. The summed E-state index contributed by atoms with van der Waals surface area (Å²) >= 11 is 0. The predicted octanol–water partition coefficient (Wildman–Crippen LogP) is 1.52. The third-order valence-corrected chi connectivity index (χ3v) is 1.49. The number of hydrogen-bond acceptors (Lipinski definition) is 2. The number of rotatable bonds is 3. The minimum absolute atomic E-state index is 0.00782. The Morgan fingerprint density at radius 2 is 2.25 bits per heavy atom. The Morgan fingerprint density at radius 3 is 2.83 bits per heavy atom. The molecule has 1 aromatic heterocycles. The summed E-state index contributed by atoms with van der Waals surface area (Å²) in [5, 5.41) is 0. The minimum atomic E-state index is -2.43. The molecule has 4 heteroatoms. The summed E-state index contributed by atoms with van der Waals surface area (Å²) in [5.41, 5.74) is 5.89. The monoisotopic (exact) mass is 172 g/mol. The molecule has 0 bridgehead atoms. The molecule has 0 fully saturated rings. The number of halogens is 2. The Kier molecular flexibility index (Phi) is 3.10. The van der Waals surface area contributed by atoms with Crippen LogP contribution in [0.3, 0.4) is 0 Å². The molecule has 1 heterocycles. The van der Waals surface area contributed by atoms with Crippen molar-refractivity contribution in [3.05, 3.63) is 29.6 Å². The zero-order valence-corrected chi connectivity index (χ0v) is 6.50. The summed E-state index contributed by atoms with van der Waals surface area (Å²) < 4.78 is 24.3. The molecule has 0 saturated carbocycles. The zero-order valence-electron chi connectivity index (χ0n) is 6.50. The van der Waals surface area contributed by atoms with Crippen LogP contribution in [-0.4, -0.2) is 11.5 Å². The van der Waals surface area contributed by atoms with Crippen molar-refractivity contribution in [3.8, 4) is 0 Å². The fraction of sp³-hybridized carbons (Fsp3) is 0.375. The van der Waals surface area contributed by atoms with Crippen LogP contribution in [0, 0.1) is 0 Å². The van der Waals surface area contributed by atoms with E-state index in [1.807, 2.05) is 0 Å². The van der Waals surface area contributed by atoms with Crippen LogP contribution < -0.4 is 5.73 Å². The van der Waals surface area contributed by atoms with Gasteiger partial charge in [0.1, 0.15) is 0 Å². The van der Waals surface area contributed by atoms with Crippen LogP contribution in [-0.2, 0) is 6.42 Å². The van der Waals surface area contributed by atoms with Crippen molar-refractivity contribution in [1.82, 2.24) is 4.98 Å². The SMILES string of the molecule is NCCc1cc(C(F)F)ccn1. The van der Waals surface area contributed by atoms with Gasteiger partial charge in [-0.05, 0) is 18.7 Å². The van der Waals surface area contributed by atoms with E-state index in [0.29, 0.717) is 18.7 Å². The molecule has 1 rings (SSSR count). The summed E-state index contributed by atoms with van der Waals surface area (Å²) in [4.78, 5) is 3.90. The van der Waals surface area contributed by atoms with Crippen LogP contribution in [0.4, 0.5) is 8.78 Å². The molecule has 0 amide bonds. The number of aromatic nitrogens is 1. The summed E-state index contributed by atoms with van der Waals surface area (Å²) in [7, 11) is 0. The maximum atomic E-state index is 12.1. The topological polar surface area (TPSA) is 38.9 Å². The fourth-order valence-corrected chi connectivity index (χ4v) is 0.917. The highest BCUT2D eigenvalue weighted by Crippen LogP contribution is 2.18. The van der Waals surface area contributed by atoms with Crippen molar-refractivity contribution >= 4 is 0 Å². The Hall–Kier alpha value is -1.03. The summed E-state index contributed by atoms with van der Waals surface area (Å²) in [6.45, 7) is 0.430. The molecule has 0 radical (unpaired) electrons. The Balaban J connectivity index is 2.81. The van der Waals surface area contributed by atoms with Gasteiger partial charge < -0.3 is 5.73 Å². The second kappa shape index (κ2) is 4.11. The lowest BCUT2D eigenvalue weighted by Gasteiger charge is -2.01. The van der Waals surface area contributed by atoms with Gasteiger partial charge in [-0.3, -0.25) is 4.98 Å². The Morgan fingerprint density at radius 1 is 1.50 bits per heavy atom. The van der Waals surface area contributed by atoms with Gasteiger partial charge in [0.25, 0.3) is 6.43 Å². The minimum Gasteiger partial charge on any atom is -0.330 e. The van der Waals surface area contributed by atoms with Gasteiger partial charge in [0.05, 0.1) is 0 Å². The van der Waals surface area contributed by atoms with E-state index >= 15 is 0 Å². The molecule has 0 aliphatic heterocycles. The van der Waals surface area contributed by atoms with Crippen molar-refractivity contribution in [3.63, 3.8) is 0 Å². The van der Waals surface area contributed by atoms with E-state index in [9.17, 15) is 8.78 Å². The van der Waals surface area contributed by atoms with Gasteiger partial charge in [0.15, 0.2) is 0 Å². The highest BCUT2D eigenvalue weighted by atomic mass is 19.3.